The number of benzene rings is 1. The van der Waals surface area contributed by atoms with Crippen LogP contribution in [0.5, 0.6) is 0 Å². The molecule has 0 radical (unpaired) electrons. The van der Waals surface area contributed by atoms with Gasteiger partial charge in [-0.1, -0.05) is 43.1 Å². The van der Waals surface area contributed by atoms with Crippen LogP contribution >= 0.6 is 35.6 Å². The summed E-state index contributed by atoms with van der Waals surface area (Å²) in [5, 5.41) is 5.95. The summed E-state index contributed by atoms with van der Waals surface area (Å²) in [4.78, 5) is 24.5. The molecule has 2 unspecified atom stereocenters. The van der Waals surface area contributed by atoms with Crippen molar-refractivity contribution in [2.75, 3.05) is 6.54 Å². The van der Waals surface area contributed by atoms with Gasteiger partial charge in [0.25, 0.3) is 5.91 Å². The third kappa shape index (κ3) is 5.52. The Morgan fingerprint density at radius 2 is 1.83 bits per heavy atom. The number of hydrogen-bond donors (Lipinski definition) is 3. The van der Waals surface area contributed by atoms with Gasteiger partial charge in [0.05, 0.1) is 21.1 Å². The summed E-state index contributed by atoms with van der Waals surface area (Å²) in [6.07, 6.45) is 0. The predicted octanol–water partition coefficient (Wildman–Crippen LogP) is 3.02. The molecule has 0 aliphatic carbocycles. The molecule has 2 amide bonds. The number of rotatable bonds is 6. The Hall–Kier alpha value is -1.01. The van der Waals surface area contributed by atoms with E-state index in [1.54, 1.807) is 25.1 Å². The maximum Gasteiger partial charge on any atom is 0.253 e. The van der Waals surface area contributed by atoms with Crippen molar-refractivity contribution in [3.8, 4) is 0 Å². The molecule has 0 spiro atoms. The molecule has 0 fully saturated rings. The summed E-state index contributed by atoms with van der Waals surface area (Å²) >= 11 is 11.9. The zero-order valence-electron chi connectivity index (χ0n) is 14.2. The highest BCUT2D eigenvalue weighted by Gasteiger charge is 2.30. The molecular formula is C16H24Cl3N3O2. The summed E-state index contributed by atoms with van der Waals surface area (Å²) < 4.78 is 0. The van der Waals surface area contributed by atoms with Gasteiger partial charge in [-0.25, -0.2) is 0 Å². The maximum absolute atomic E-state index is 12.3. The number of carbonyl (C=O) groups excluding carboxylic acids is 2. The zero-order valence-corrected chi connectivity index (χ0v) is 16.5. The van der Waals surface area contributed by atoms with Gasteiger partial charge in [-0.3, -0.25) is 9.59 Å². The molecule has 0 aromatic heterocycles. The molecule has 8 heteroatoms. The third-order valence-electron chi connectivity index (χ3n) is 4.04. The van der Waals surface area contributed by atoms with Gasteiger partial charge in [0.1, 0.15) is 6.04 Å². The minimum Gasteiger partial charge on any atom is -0.348 e. The average molecular weight is 397 g/mol. The number of carbonyl (C=O) groups is 2. The fraction of sp³-hybridized carbons (Fsp3) is 0.500. The quantitative estimate of drug-likeness (QED) is 0.691. The van der Waals surface area contributed by atoms with Gasteiger partial charge >= 0.3 is 0 Å². The van der Waals surface area contributed by atoms with Gasteiger partial charge < -0.3 is 16.4 Å². The molecule has 1 aromatic carbocycles. The Bertz CT molecular complexity index is 596. The van der Waals surface area contributed by atoms with Crippen LogP contribution in [0.1, 0.15) is 38.1 Å². The Balaban J connectivity index is 0.00000529. The largest absolute Gasteiger partial charge is 0.348 e. The van der Waals surface area contributed by atoms with Crippen molar-refractivity contribution in [3.05, 3.63) is 33.8 Å². The van der Waals surface area contributed by atoms with E-state index in [4.69, 9.17) is 28.9 Å². The number of halogens is 3. The lowest BCUT2D eigenvalue weighted by atomic mass is 9.88. The molecule has 5 nitrogen and oxygen atoms in total. The van der Waals surface area contributed by atoms with Crippen LogP contribution in [0.2, 0.25) is 10.0 Å². The van der Waals surface area contributed by atoms with Gasteiger partial charge in [-0.2, -0.15) is 0 Å². The van der Waals surface area contributed by atoms with E-state index in [9.17, 15) is 9.59 Å². The van der Waals surface area contributed by atoms with E-state index in [0.29, 0.717) is 6.54 Å². The van der Waals surface area contributed by atoms with Gasteiger partial charge in [0.2, 0.25) is 5.91 Å². The first kappa shape index (κ1) is 23.0. The SMILES string of the molecule is CC(NC(=O)c1cccc(Cl)c1Cl)C(=O)NC(C)(CN)C(C)C.Cl. The highest BCUT2D eigenvalue weighted by molar-refractivity contribution is 6.43. The van der Waals surface area contributed by atoms with Gasteiger partial charge in [0, 0.05) is 6.54 Å². The molecule has 0 saturated carbocycles. The number of nitrogens with two attached hydrogens (primary N) is 1. The smallest absolute Gasteiger partial charge is 0.253 e. The number of hydrogen-bond acceptors (Lipinski definition) is 3. The first-order valence-corrected chi connectivity index (χ1v) is 8.15. The molecule has 0 aliphatic heterocycles. The van der Waals surface area contributed by atoms with Crippen LogP contribution in [-0.4, -0.2) is 29.9 Å². The van der Waals surface area contributed by atoms with Crippen LogP contribution < -0.4 is 16.4 Å². The van der Waals surface area contributed by atoms with Crippen LogP contribution in [0.15, 0.2) is 18.2 Å². The summed E-state index contributed by atoms with van der Waals surface area (Å²) in [7, 11) is 0. The Morgan fingerprint density at radius 1 is 1.25 bits per heavy atom. The van der Waals surface area contributed by atoms with E-state index in [2.05, 4.69) is 10.6 Å². The second-order valence-corrected chi connectivity index (χ2v) is 6.85. The lowest BCUT2D eigenvalue weighted by Gasteiger charge is -2.34. The molecular weight excluding hydrogens is 373 g/mol. The van der Waals surface area contributed by atoms with Crippen molar-refractivity contribution < 1.29 is 9.59 Å². The van der Waals surface area contributed by atoms with E-state index in [0.717, 1.165) is 0 Å². The van der Waals surface area contributed by atoms with Crippen LogP contribution in [0.4, 0.5) is 0 Å². The minimum absolute atomic E-state index is 0. The van der Waals surface area contributed by atoms with Crippen LogP contribution in [-0.2, 0) is 4.79 Å². The van der Waals surface area contributed by atoms with E-state index >= 15 is 0 Å². The van der Waals surface area contributed by atoms with Crippen molar-refractivity contribution in [2.45, 2.75) is 39.3 Å². The van der Waals surface area contributed by atoms with Crippen LogP contribution in [0, 0.1) is 5.92 Å². The summed E-state index contributed by atoms with van der Waals surface area (Å²) in [6.45, 7) is 7.72. The lowest BCUT2D eigenvalue weighted by Crippen LogP contribution is -2.59. The Kier molecular flexibility index (Phi) is 9.07. The predicted molar refractivity (Wildman–Crippen MR) is 101 cm³/mol. The van der Waals surface area contributed by atoms with E-state index in [1.807, 2.05) is 20.8 Å². The maximum atomic E-state index is 12.3. The van der Waals surface area contributed by atoms with Crippen molar-refractivity contribution >= 4 is 47.4 Å². The Labute approximate surface area is 159 Å². The second-order valence-electron chi connectivity index (χ2n) is 6.06. The molecule has 1 aromatic rings. The van der Waals surface area contributed by atoms with Crippen molar-refractivity contribution in [1.82, 2.24) is 10.6 Å². The molecule has 24 heavy (non-hydrogen) atoms. The van der Waals surface area contributed by atoms with Crippen LogP contribution in [0.3, 0.4) is 0 Å². The molecule has 0 bridgehead atoms. The number of nitrogens with one attached hydrogen (secondary N) is 2. The molecule has 0 heterocycles. The van der Waals surface area contributed by atoms with E-state index < -0.39 is 17.5 Å². The molecule has 0 aliphatic rings. The minimum atomic E-state index is -0.734. The van der Waals surface area contributed by atoms with E-state index in [1.165, 1.54) is 0 Å². The number of amides is 2. The first-order chi connectivity index (χ1) is 10.6. The fourth-order valence-corrected chi connectivity index (χ4v) is 2.23. The molecule has 0 saturated heterocycles. The molecule has 136 valence electrons. The van der Waals surface area contributed by atoms with Crippen molar-refractivity contribution in [3.63, 3.8) is 0 Å². The van der Waals surface area contributed by atoms with Crippen LogP contribution in [0.25, 0.3) is 0 Å². The fourth-order valence-electron chi connectivity index (χ4n) is 1.84. The van der Waals surface area contributed by atoms with Gasteiger partial charge in [-0.15, -0.1) is 12.4 Å². The van der Waals surface area contributed by atoms with Gasteiger partial charge in [-0.05, 0) is 31.9 Å². The van der Waals surface area contributed by atoms with Gasteiger partial charge in [0.15, 0.2) is 0 Å². The van der Waals surface area contributed by atoms with Crippen molar-refractivity contribution in [1.29, 1.82) is 0 Å². The molecule has 2 atom stereocenters. The zero-order chi connectivity index (χ0) is 17.8. The van der Waals surface area contributed by atoms with Crippen molar-refractivity contribution in [2.24, 2.45) is 11.7 Å². The third-order valence-corrected chi connectivity index (χ3v) is 4.86. The Morgan fingerprint density at radius 3 is 2.33 bits per heavy atom. The average Bonchev–Trinajstić information content (AvgIpc) is 2.49. The highest BCUT2D eigenvalue weighted by Crippen LogP contribution is 2.25. The monoisotopic (exact) mass is 395 g/mol. The standard InChI is InChI=1S/C16H23Cl2N3O2.ClH/c1-9(2)16(4,8-19)21-14(22)10(3)20-15(23)11-6-5-7-12(17)13(11)18;/h5-7,9-10H,8,19H2,1-4H3,(H,20,23)(H,21,22);1H. The second kappa shape index (κ2) is 9.47. The molecule has 1 rings (SSSR count). The highest BCUT2D eigenvalue weighted by atomic mass is 35.5. The summed E-state index contributed by atoms with van der Waals surface area (Å²) in [5.74, 6) is -0.612. The normalized spacial score (nSPS) is 14.3. The lowest BCUT2D eigenvalue weighted by molar-refractivity contribution is -0.124. The summed E-state index contributed by atoms with van der Waals surface area (Å²) in [5.41, 5.74) is 5.44. The topological polar surface area (TPSA) is 84.2 Å². The molecule has 4 N–H and O–H groups in total. The first-order valence-electron chi connectivity index (χ1n) is 7.39. The van der Waals surface area contributed by atoms with E-state index in [-0.39, 0.29) is 39.8 Å². The summed E-state index contributed by atoms with van der Waals surface area (Å²) in [6, 6.07) is 4.03.